The molecule has 8 heteroatoms. The van der Waals surface area contributed by atoms with Crippen LogP contribution in [0.15, 0.2) is 12.2 Å². The molecule has 0 atom stereocenters. The molecule has 1 aliphatic heterocycles. The molecule has 2 N–H and O–H groups in total. The van der Waals surface area contributed by atoms with Crippen LogP contribution in [0.1, 0.15) is 27.2 Å². The first-order valence-electron chi connectivity index (χ1n) is 6.29. The first kappa shape index (κ1) is 18.6. The van der Waals surface area contributed by atoms with Gasteiger partial charge >= 0.3 is 6.09 Å². The van der Waals surface area contributed by atoms with Crippen molar-refractivity contribution in [1.82, 2.24) is 10.2 Å². The number of imide groups is 1. The summed E-state index contributed by atoms with van der Waals surface area (Å²) in [7, 11) is 0. The zero-order valence-electron chi connectivity index (χ0n) is 12.3. The van der Waals surface area contributed by atoms with E-state index in [1.54, 1.807) is 20.8 Å². The van der Waals surface area contributed by atoms with Gasteiger partial charge < -0.3 is 15.2 Å². The molecule has 0 aromatic carbocycles. The SMILES string of the molecule is CC(C)(C)OC(=O)NCCCN1C(=O)C=CC1=O.O=CO. The highest BCUT2D eigenvalue weighted by Crippen LogP contribution is 2.06. The van der Waals surface area contributed by atoms with Crippen LogP contribution in [0.4, 0.5) is 4.79 Å². The fourth-order valence-electron chi connectivity index (χ4n) is 1.39. The fraction of sp³-hybridized carbons (Fsp3) is 0.538. The monoisotopic (exact) mass is 300 g/mol. The number of carbonyl (C=O) groups excluding carboxylic acids is 3. The Morgan fingerprint density at radius 1 is 1.33 bits per heavy atom. The van der Waals surface area contributed by atoms with Gasteiger partial charge in [-0.05, 0) is 27.2 Å². The van der Waals surface area contributed by atoms with E-state index in [9.17, 15) is 14.4 Å². The molecule has 1 heterocycles. The Balaban J connectivity index is 0.00000122. The molecule has 0 spiro atoms. The fourth-order valence-corrected chi connectivity index (χ4v) is 1.39. The van der Waals surface area contributed by atoms with Crippen LogP contribution in [0, 0.1) is 0 Å². The summed E-state index contributed by atoms with van der Waals surface area (Å²) >= 11 is 0. The van der Waals surface area contributed by atoms with Crippen LogP contribution in [0.2, 0.25) is 0 Å². The normalized spacial score (nSPS) is 13.6. The van der Waals surface area contributed by atoms with Gasteiger partial charge in [-0.25, -0.2) is 4.79 Å². The van der Waals surface area contributed by atoms with Gasteiger partial charge in [0.2, 0.25) is 0 Å². The van der Waals surface area contributed by atoms with Gasteiger partial charge in [-0.2, -0.15) is 0 Å². The van der Waals surface area contributed by atoms with Crippen LogP contribution < -0.4 is 5.32 Å². The summed E-state index contributed by atoms with van der Waals surface area (Å²) in [5.74, 6) is -0.616. The molecule has 0 saturated carbocycles. The van der Waals surface area contributed by atoms with Crippen LogP contribution in [0.25, 0.3) is 0 Å². The average Bonchev–Trinajstić information content (AvgIpc) is 2.64. The van der Waals surface area contributed by atoms with Crippen molar-refractivity contribution in [3.8, 4) is 0 Å². The summed E-state index contributed by atoms with van der Waals surface area (Å²) in [4.78, 5) is 43.2. The van der Waals surface area contributed by atoms with E-state index >= 15 is 0 Å². The number of amides is 3. The number of nitrogens with one attached hydrogen (secondary N) is 1. The van der Waals surface area contributed by atoms with E-state index in [-0.39, 0.29) is 18.3 Å². The Morgan fingerprint density at radius 2 is 1.81 bits per heavy atom. The topological polar surface area (TPSA) is 113 Å². The van der Waals surface area contributed by atoms with Crippen LogP contribution in [-0.2, 0) is 19.1 Å². The second-order valence-corrected chi connectivity index (χ2v) is 5.05. The number of rotatable bonds is 4. The summed E-state index contributed by atoms with van der Waals surface area (Å²) in [5.41, 5.74) is -0.533. The molecule has 1 rings (SSSR count). The standard InChI is InChI=1S/C12H18N2O4.CH2O2/c1-12(2,3)18-11(17)13-7-4-8-14-9(15)5-6-10(14)16;2-1-3/h5-6H,4,7-8H2,1-3H3,(H,13,17);1H,(H,2,3). The highest BCUT2D eigenvalue weighted by molar-refractivity contribution is 6.12. The van der Waals surface area contributed by atoms with Crippen LogP contribution in [0.3, 0.4) is 0 Å². The van der Waals surface area contributed by atoms with Gasteiger partial charge in [0.15, 0.2) is 0 Å². The third-order valence-electron chi connectivity index (χ3n) is 2.13. The molecule has 21 heavy (non-hydrogen) atoms. The highest BCUT2D eigenvalue weighted by Gasteiger charge is 2.22. The van der Waals surface area contributed by atoms with Crippen molar-refractivity contribution in [2.75, 3.05) is 13.1 Å². The zero-order valence-corrected chi connectivity index (χ0v) is 12.3. The number of hydrogen-bond donors (Lipinski definition) is 2. The Labute approximate surface area is 122 Å². The van der Waals surface area contributed by atoms with Gasteiger partial charge in [0.1, 0.15) is 5.60 Å². The molecule has 1 aliphatic rings. The number of carboxylic acid groups (broad SMARTS) is 1. The molecule has 0 saturated heterocycles. The number of hydrogen-bond acceptors (Lipinski definition) is 5. The maximum atomic E-state index is 11.3. The van der Waals surface area contributed by atoms with E-state index in [1.807, 2.05) is 0 Å². The lowest BCUT2D eigenvalue weighted by Crippen LogP contribution is -2.36. The van der Waals surface area contributed by atoms with Crippen LogP contribution in [-0.4, -0.2) is 53.1 Å². The van der Waals surface area contributed by atoms with Crippen molar-refractivity contribution in [3.05, 3.63) is 12.2 Å². The van der Waals surface area contributed by atoms with E-state index in [0.29, 0.717) is 19.5 Å². The van der Waals surface area contributed by atoms with E-state index in [4.69, 9.17) is 14.6 Å². The molecule has 8 nitrogen and oxygen atoms in total. The van der Waals surface area contributed by atoms with Gasteiger partial charge in [0.25, 0.3) is 18.3 Å². The Bertz CT molecular complexity index is 407. The number of alkyl carbamates (subject to hydrolysis) is 1. The molecule has 0 fully saturated rings. The molecule has 0 aromatic rings. The van der Waals surface area contributed by atoms with Crippen molar-refractivity contribution in [2.24, 2.45) is 0 Å². The lowest BCUT2D eigenvalue weighted by atomic mass is 10.2. The van der Waals surface area contributed by atoms with Gasteiger partial charge in [0, 0.05) is 25.2 Å². The van der Waals surface area contributed by atoms with E-state index < -0.39 is 11.7 Å². The molecule has 0 bridgehead atoms. The third kappa shape index (κ3) is 8.40. The Kier molecular flexibility index (Phi) is 7.74. The lowest BCUT2D eigenvalue weighted by Gasteiger charge is -2.20. The average molecular weight is 300 g/mol. The summed E-state index contributed by atoms with van der Waals surface area (Å²) in [5, 5.41) is 9.45. The number of ether oxygens (including phenoxy) is 1. The van der Waals surface area contributed by atoms with Gasteiger partial charge in [-0.3, -0.25) is 19.3 Å². The quantitative estimate of drug-likeness (QED) is 0.445. The molecular formula is C13H20N2O6. The zero-order chi connectivity index (χ0) is 16.5. The van der Waals surface area contributed by atoms with E-state index in [2.05, 4.69) is 5.32 Å². The minimum Gasteiger partial charge on any atom is -0.483 e. The molecule has 0 unspecified atom stereocenters. The van der Waals surface area contributed by atoms with Crippen LogP contribution in [0.5, 0.6) is 0 Å². The van der Waals surface area contributed by atoms with Crippen molar-refractivity contribution >= 4 is 24.4 Å². The predicted octanol–water partition coefficient (Wildman–Crippen LogP) is 0.527. The van der Waals surface area contributed by atoms with Crippen LogP contribution >= 0.6 is 0 Å². The van der Waals surface area contributed by atoms with E-state index in [0.717, 1.165) is 4.90 Å². The molecule has 118 valence electrons. The molecule has 0 radical (unpaired) electrons. The summed E-state index contributed by atoms with van der Waals surface area (Å²) in [6.45, 7) is 5.73. The minimum absolute atomic E-state index is 0.250. The van der Waals surface area contributed by atoms with Crippen molar-refractivity contribution in [2.45, 2.75) is 32.8 Å². The molecule has 0 aromatic heterocycles. The maximum Gasteiger partial charge on any atom is 0.407 e. The Morgan fingerprint density at radius 3 is 2.24 bits per heavy atom. The first-order valence-corrected chi connectivity index (χ1v) is 6.29. The lowest BCUT2D eigenvalue weighted by molar-refractivity contribution is -0.136. The highest BCUT2D eigenvalue weighted by atomic mass is 16.6. The summed E-state index contributed by atoms with van der Waals surface area (Å²) in [6, 6.07) is 0. The second-order valence-electron chi connectivity index (χ2n) is 5.05. The molecule has 0 aliphatic carbocycles. The summed E-state index contributed by atoms with van der Waals surface area (Å²) in [6.07, 6.45) is 2.48. The first-order chi connectivity index (χ1) is 9.71. The van der Waals surface area contributed by atoms with Crippen molar-refractivity contribution < 1.29 is 29.0 Å². The largest absolute Gasteiger partial charge is 0.483 e. The van der Waals surface area contributed by atoms with Gasteiger partial charge in [0.05, 0.1) is 0 Å². The maximum absolute atomic E-state index is 11.3. The Hall–Kier alpha value is -2.38. The molecule has 3 amide bonds. The smallest absolute Gasteiger partial charge is 0.407 e. The van der Waals surface area contributed by atoms with Crippen molar-refractivity contribution in [1.29, 1.82) is 0 Å². The summed E-state index contributed by atoms with van der Waals surface area (Å²) < 4.78 is 5.04. The van der Waals surface area contributed by atoms with E-state index in [1.165, 1.54) is 12.2 Å². The third-order valence-corrected chi connectivity index (χ3v) is 2.13. The number of nitrogens with zero attached hydrogens (tertiary/aromatic N) is 1. The molecular weight excluding hydrogens is 280 g/mol. The van der Waals surface area contributed by atoms with Gasteiger partial charge in [-0.1, -0.05) is 0 Å². The van der Waals surface area contributed by atoms with Crippen molar-refractivity contribution in [3.63, 3.8) is 0 Å². The predicted molar refractivity (Wildman–Crippen MR) is 73.4 cm³/mol. The number of carbonyl (C=O) groups is 4. The van der Waals surface area contributed by atoms with Gasteiger partial charge in [-0.15, -0.1) is 0 Å². The second kappa shape index (κ2) is 8.72. The minimum atomic E-state index is -0.533.